The van der Waals surface area contributed by atoms with Gasteiger partial charge in [-0.25, -0.2) is 4.98 Å². The highest BCUT2D eigenvalue weighted by Gasteiger charge is 2.14. The van der Waals surface area contributed by atoms with E-state index in [2.05, 4.69) is 23.0 Å². The van der Waals surface area contributed by atoms with Gasteiger partial charge < -0.3 is 10.1 Å². The predicted molar refractivity (Wildman–Crippen MR) is 101 cm³/mol. The molecule has 2 heterocycles. The number of H-pyrrole nitrogens is 1. The lowest BCUT2D eigenvalue weighted by molar-refractivity contribution is 0.278. The van der Waals surface area contributed by atoms with Crippen molar-refractivity contribution in [1.29, 1.82) is 0 Å². The molecule has 2 aromatic heterocycles. The van der Waals surface area contributed by atoms with Gasteiger partial charge in [0.25, 0.3) is 0 Å². The summed E-state index contributed by atoms with van der Waals surface area (Å²) in [7, 11) is 0. The van der Waals surface area contributed by atoms with Gasteiger partial charge in [-0.1, -0.05) is 36.4 Å². The number of benzene rings is 1. The van der Waals surface area contributed by atoms with Crippen molar-refractivity contribution in [2.24, 2.45) is 0 Å². The number of hydrogen-bond donors (Lipinski definition) is 2. The van der Waals surface area contributed by atoms with Crippen molar-refractivity contribution in [3.05, 3.63) is 75.3 Å². The highest BCUT2D eigenvalue weighted by Crippen LogP contribution is 2.39. The minimum absolute atomic E-state index is 0.0648. The molecular formula is C19H17ClN2O2S. The topological polar surface area (TPSA) is 66.0 Å². The number of nitrogens with zero attached hydrogens (tertiary/aromatic N) is 1. The second-order valence-electron chi connectivity index (χ2n) is 5.47. The van der Waals surface area contributed by atoms with Crippen LogP contribution in [0.15, 0.2) is 63.5 Å². The molecular weight excluding hydrogens is 356 g/mol. The lowest BCUT2D eigenvalue weighted by atomic mass is 10.0. The third-order valence-electron chi connectivity index (χ3n) is 3.84. The SMILES string of the molecule is CCc1cc(-c2ccc(=O)[nH]c2)cc(Cl)c1Sc1ncccc1CO. The Bertz CT molecular complexity index is 936. The van der Waals surface area contributed by atoms with E-state index in [9.17, 15) is 9.90 Å². The summed E-state index contributed by atoms with van der Waals surface area (Å²) >= 11 is 8.02. The lowest BCUT2D eigenvalue weighted by Crippen LogP contribution is -2.01. The second kappa shape index (κ2) is 7.87. The van der Waals surface area contributed by atoms with Crippen LogP contribution in [0, 0.1) is 0 Å². The number of aliphatic hydroxyl groups is 1. The van der Waals surface area contributed by atoms with E-state index in [1.807, 2.05) is 12.1 Å². The van der Waals surface area contributed by atoms with E-state index < -0.39 is 0 Å². The smallest absolute Gasteiger partial charge is 0.247 e. The highest BCUT2D eigenvalue weighted by atomic mass is 35.5. The third kappa shape index (κ3) is 3.95. The molecule has 0 atom stereocenters. The summed E-state index contributed by atoms with van der Waals surface area (Å²) in [6.45, 7) is 2.00. The molecule has 1 aromatic carbocycles. The van der Waals surface area contributed by atoms with Gasteiger partial charge in [-0.05, 0) is 47.4 Å². The highest BCUT2D eigenvalue weighted by molar-refractivity contribution is 7.99. The molecule has 0 spiro atoms. The van der Waals surface area contributed by atoms with Crippen LogP contribution in [-0.2, 0) is 13.0 Å². The fourth-order valence-electron chi connectivity index (χ4n) is 2.52. The number of rotatable bonds is 5. The summed E-state index contributed by atoms with van der Waals surface area (Å²) in [4.78, 5) is 19.2. The molecule has 25 heavy (non-hydrogen) atoms. The van der Waals surface area contributed by atoms with E-state index in [1.54, 1.807) is 24.5 Å². The monoisotopic (exact) mass is 372 g/mol. The van der Waals surface area contributed by atoms with Crippen molar-refractivity contribution in [3.8, 4) is 11.1 Å². The zero-order valence-electron chi connectivity index (χ0n) is 13.6. The summed E-state index contributed by atoms with van der Waals surface area (Å²) in [6.07, 6.45) is 4.19. The van der Waals surface area contributed by atoms with E-state index in [4.69, 9.17) is 11.6 Å². The molecule has 0 bridgehead atoms. The summed E-state index contributed by atoms with van der Waals surface area (Å²) in [5, 5.41) is 10.9. The number of aryl methyl sites for hydroxylation is 1. The van der Waals surface area contributed by atoms with Gasteiger partial charge >= 0.3 is 0 Å². The van der Waals surface area contributed by atoms with Crippen LogP contribution in [0.25, 0.3) is 11.1 Å². The molecule has 0 aliphatic carbocycles. The largest absolute Gasteiger partial charge is 0.392 e. The van der Waals surface area contributed by atoms with Gasteiger partial charge in [0.05, 0.1) is 11.6 Å². The first-order chi connectivity index (χ1) is 12.1. The van der Waals surface area contributed by atoms with Gasteiger partial charge in [0.15, 0.2) is 0 Å². The van der Waals surface area contributed by atoms with Crippen LogP contribution >= 0.6 is 23.4 Å². The third-order valence-corrected chi connectivity index (χ3v) is 5.50. The average molecular weight is 373 g/mol. The Balaban J connectivity index is 2.03. The van der Waals surface area contributed by atoms with Crippen molar-refractivity contribution in [2.45, 2.75) is 29.9 Å². The maximum Gasteiger partial charge on any atom is 0.247 e. The molecule has 0 saturated heterocycles. The number of halogens is 1. The van der Waals surface area contributed by atoms with Crippen molar-refractivity contribution in [2.75, 3.05) is 0 Å². The van der Waals surface area contributed by atoms with Crippen molar-refractivity contribution < 1.29 is 5.11 Å². The van der Waals surface area contributed by atoms with E-state index in [1.165, 1.54) is 17.8 Å². The zero-order chi connectivity index (χ0) is 17.8. The van der Waals surface area contributed by atoms with Crippen LogP contribution in [0.2, 0.25) is 5.02 Å². The number of pyridine rings is 2. The average Bonchev–Trinajstić information content (AvgIpc) is 2.64. The molecule has 0 saturated carbocycles. The van der Waals surface area contributed by atoms with Crippen LogP contribution in [0.5, 0.6) is 0 Å². The minimum atomic E-state index is -0.135. The summed E-state index contributed by atoms with van der Waals surface area (Å²) < 4.78 is 0. The zero-order valence-corrected chi connectivity index (χ0v) is 15.2. The minimum Gasteiger partial charge on any atom is -0.392 e. The molecule has 0 aliphatic rings. The van der Waals surface area contributed by atoms with E-state index in [0.717, 1.165) is 38.6 Å². The normalized spacial score (nSPS) is 10.8. The van der Waals surface area contributed by atoms with E-state index in [-0.39, 0.29) is 12.2 Å². The molecule has 0 unspecified atom stereocenters. The Morgan fingerprint density at radius 3 is 2.72 bits per heavy atom. The molecule has 128 valence electrons. The first-order valence-corrected chi connectivity index (χ1v) is 9.06. The molecule has 3 aromatic rings. The molecule has 0 fully saturated rings. The number of aromatic nitrogens is 2. The Hall–Kier alpha value is -2.08. The van der Waals surface area contributed by atoms with Crippen molar-refractivity contribution >= 4 is 23.4 Å². The summed E-state index contributed by atoms with van der Waals surface area (Å²) in [5.74, 6) is 0. The molecule has 0 amide bonds. The summed E-state index contributed by atoms with van der Waals surface area (Å²) in [5.41, 5.74) is 3.58. The van der Waals surface area contributed by atoms with Crippen LogP contribution < -0.4 is 5.56 Å². The Morgan fingerprint density at radius 2 is 2.04 bits per heavy atom. The van der Waals surface area contributed by atoms with Crippen LogP contribution in [-0.4, -0.2) is 15.1 Å². The number of aliphatic hydroxyl groups excluding tert-OH is 1. The van der Waals surface area contributed by atoms with Crippen molar-refractivity contribution in [3.63, 3.8) is 0 Å². The predicted octanol–water partition coefficient (Wildman–Crippen LogP) is 4.30. The molecule has 2 N–H and O–H groups in total. The quantitative estimate of drug-likeness (QED) is 0.700. The van der Waals surface area contributed by atoms with Crippen LogP contribution in [0.1, 0.15) is 18.1 Å². The first kappa shape index (κ1) is 17.7. The van der Waals surface area contributed by atoms with Gasteiger partial charge in [0, 0.05) is 28.9 Å². The number of aromatic amines is 1. The maximum atomic E-state index is 11.2. The van der Waals surface area contributed by atoms with Gasteiger partial charge in [-0.15, -0.1) is 0 Å². The van der Waals surface area contributed by atoms with Crippen LogP contribution in [0.3, 0.4) is 0 Å². The number of nitrogens with one attached hydrogen (secondary N) is 1. The van der Waals surface area contributed by atoms with E-state index in [0.29, 0.717) is 5.02 Å². The molecule has 3 rings (SSSR count). The maximum absolute atomic E-state index is 11.2. The molecule has 0 radical (unpaired) electrons. The van der Waals surface area contributed by atoms with Gasteiger partial charge in [0.2, 0.25) is 5.56 Å². The first-order valence-electron chi connectivity index (χ1n) is 7.86. The fourth-order valence-corrected chi connectivity index (χ4v) is 3.93. The van der Waals surface area contributed by atoms with Gasteiger partial charge in [-0.3, -0.25) is 4.79 Å². The number of hydrogen-bond acceptors (Lipinski definition) is 4. The van der Waals surface area contributed by atoms with Crippen LogP contribution in [0.4, 0.5) is 0 Å². The van der Waals surface area contributed by atoms with Crippen molar-refractivity contribution in [1.82, 2.24) is 9.97 Å². The molecule has 6 heteroatoms. The van der Waals surface area contributed by atoms with Gasteiger partial charge in [-0.2, -0.15) is 0 Å². The van der Waals surface area contributed by atoms with Gasteiger partial charge in [0.1, 0.15) is 5.03 Å². The molecule has 0 aliphatic heterocycles. The Morgan fingerprint density at radius 1 is 1.20 bits per heavy atom. The van der Waals surface area contributed by atoms with E-state index >= 15 is 0 Å². The fraction of sp³-hybridized carbons (Fsp3) is 0.158. The Kier molecular flexibility index (Phi) is 5.58. The Labute approximate surface area is 154 Å². The standard InChI is InChI=1S/C19H17ClN2O2S/c1-2-12-8-15(13-5-6-17(24)22-10-13)9-16(20)18(12)25-19-14(11-23)4-3-7-21-19/h3-10,23H,2,11H2,1H3,(H,22,24). The lowest BCUT2D eigenvalue weighted by Gasteiger charge is -2.14. The molecule has 4 nitrogen and oxygen atoms in total. The second-order valence-corrected chi connectivity index (χ2v) is 6.88. The summed E-state index contributed by atoms with van der Waals surface area (Å²) in [6, 6.07) is 10.9.